The van der Waals surface area contributed by atoms with Gasteiger partial charge in [0.15, 0.2) is 28.9 Å². The number of hydrogen-bond donors (Lipinski definition) is 0. The third kappa shape index (κ3) is 6.49. The third-order valence-electron chi connectivity index (χ3n) is 7.89. The number of Topliss-reactive ketones (excluding diaryl/α,β-unsaturated/α-hetero) is 2. The molecule has 0 amide bonds. The quantitative estimate of drug-likeness (QED) is 0.137. The van der Waals surface area contributed by atoms with Gasteiger partial charge in [-0.25, -0.2) is 18.7 Å². The summed E-state index contributed by atoms with van der Waals surface area (Å²) in [5.74, 6) is -0.565. The van der Waals surface area contributed by atoms with Crippen LogP contribution in [0.5, 0.6) is 29.0 Å². The van der Waals surface area contributed by atoms with Gasteiger partial charge in [-0.15, -0.1) is 0 Å². The molecular weight excluding hydrogens is 596 g/mol. The van der Waals surface area contributed by atoms with Crippen LogP contribution in [0.3, 0.4) is 0 Å². The van der Waals surface area contributed by atoms with Crippen molar-refractivity contribution in [3.05, 3.63) is 107 Å². The van der Waals surface area contributed by atoms with Crippen LogP contribution in [0.25, 0.3) is 11.0 Å². The van der Waals surface area contributed by atoms with Gasteiger partial charge in [0.05, 0.1) is 25.2 Å². The van der Waals surface area contributed by atoms with Gasteiger partial charge in [0.25, 0.3) is 11.8 Å². The molecule has 0 spiro atoms. The van der Waals surface area contributed by atoms with Gasteiger partial charge in [0, 0.05) is 37.4 Å². The minimum atomic E-state index is -1.10. The molecule has 0 bridgehead atoms. The number of ether oxygens (including phenoxy) is 4. The molecule has 1 aliphatic carbocycles. The van der Waals surface area contributed by atoms with E-state index in [9.17, 15) is 14.0 Å². The summed E-state index contributed by atoms with van der Waals surface area (Å²) in [4.78, 5) is 39.1. The van der Waals surface area contributed by atoms with Crippen LogP contribution >= 0.6 is 0 Å². The molecule has 0 atom stereocenters. The summed E-state index contributed by atoms with van der Waals surface area (Å²) >= 11 is 0. The predicted molar refractivity (Wildman–Crippen MR) is 163 cm³/mol. The number of carbonyl (C=O) groups excluding carboxylic acids is 2. The van der Waals surface area contributed by atoms with E-state index < -0.39 is 17.0 Å². The SMILES string of the molecule is COc1ccc(COc2cc3nccc(Oc4ncc(CC(=O)C5(C(=O)Cc6ccc(F)cc6)CC5)cc4F)c3nc2OC)cc1. The lowest BCUT2D eigenvalue weighted by molar-refractivity contribution is -0.133. The second-order valence-electron chi connectivity index (χ2n) is 11.0. The van der Waals surface area contributed by atoms with E-state index in [4.69, 9.17) is 18.9 Å². The highest BCUT2D eigenvalue weighted by Gasteiger charge is 2.54. The molecule has 2 aromatic carbocycles. The summed E-state index contributed by atoms with van der Waals surface area (Å²) in [6.45, 7) is 0.247. The number of pyridine rings is 3. The average Bonchev–Trinajstić information content (AvgIpc) is 3.89. The normalized spacial score (nSPS) is 13.2. The maximum atomic E-state index is 15.2. The van der Waals surface area contributed by atoms with E-state index in [0.29, 0.717) is 40.8 Å². The van der Waals surface area contributed by atoms with Gasteiger partial charge in [0.2, 0.25) is 0 Å². The van der Waals surface area contributed by atoms with E-state index in [-0.39, 0.29) is 48.5 Å². The van der Waals surface area contributed by atoms with E-state index in [1.807, 2.05) is 24.3 Å². The van der Waals surface area contributed by atoms with Crippen molar-refractivity contribution in [1.82, 2.24) is 15.0 Å². The van der Waals surface area contributed by atoms with Crippen molar-refractivity contribution in [3.8, 4) is 29.0 Å². The third-order valence-corrected chi connectivity index (χ3v) is 7.89. The highest BCUT2D eigenvalue weighted by Crippen LogP contribution is 2.49. The number of fused-ring (bicyclic) bond motifs is 1. The number of ketones is 2. The summed E-state index contributed by atoms with van der Waals surface area (Å²) in [5, 5.41) is 0. The molecule has 0 aliphatic heterocycles. The summed E-state index contributed by atoms with van der Waals surface area (Å²) in [6.07, 6.45) is 3.57. The zero-order valence-corrected chi connectivity index (χ0v) is 25.1. The van der Waals surface area contributed by atoms with Crippen molar-refractivity contribution in [2.24, 2.45) is 5.41 Å². The van der Waals surface area contributed by atoms with Crippen LogP contribution in [0.2, 0.25) is 0 Å². The Morgan fingerprint density at radius 1 is 0.783 bits per heavy atom. The average molecular weight is 626 g/mol. The van der Waals surface area contributed by atoms with Crippen molar-refractivity contribution >= 4 is 22.6 Å². The summed E-state index contributed by atoms with van der Waals surface area (Å²) < 4.78 is 50.8. The number of hydrogen-bond acceptors (Lipinski definition) is 9. The zero-order chi connectivity index (χ0) is 32.3. The van der Waals surface area contributed by atoms with Gasteiger partial charge >= 0.3 is 0 Å². The fraction of sp³-hybridized carbons (Fsp3) is 0.229. The maximum absolute atomic E-state index is 15.2. The second kappa shape index (κ2) is 12.9. The highest BCUT2D eigenvalue weighted by atomic mass is 19.1. The Balaban J connectivity index is 1.14. The molecule has 1 fully saturated rings. The first-order chi connectivity index (χ1) is 22.3. The van der Waals surface area contributed by atoms with Crippen molar-refractivity contribution in [2.75, 3.05) is 14.2 Å². The van der Waals surface area contributed by atoms with Crippen LogP contribution in [0.15, 0.2) is 79.1 Å². The van der Waals surface area contributed by atoms with Crippen LogP contribution in [-0.2, 0) is 29.0 Å². The minimum absolute atomic E-state index is 0.0282. The molecule has 6 rings (SSSR count). The largest absolute Gasteiger partial charge is 0.497 e. The molecule has 11 heteroatoms. The van der Waals surface area contributed by atoms with E-state index >= 15 is 4.39 Å². The number of nitrogens with zero attached hydrogens (tertiary/aromatic N) is 3. The van der Waals surface area contributed by atoms with E-state index in [0.717, 1.165) is 11.3 Å². The summed E-state index contributed by atoms with van der Waals surface area (Å²) in [5.41, 5.74) is 1.47. The zero-order valence-electron chi connectivity index (χ0n) is 25.1. The number of aromatic nitrogens is 3. The van der Waals surface area contributed by atoms with Crippen molar-refractivity contribution < 1.29 is 37.3 Å². The Bertz CT molecular complexity index is 1910. The smallest absolute Gasteiger partial charge is 0.257 e. The Labute approximate surface area is 263 Å². The van der Waals surface area contributed by atoms with E-state index in [2.05, 4.69) is 15.0 Å². The minimum Gasteiger partial charge on any atom is -0.497 e. The molecule has 0 saturated heterocycles. The first-order valence-electron chi connectivity index (χ1n) is 14.5. The molecular formula is C35H29F2N3O6. The van der Waals surface area contributed by atoms with Crippen molar-refractivity contribution in [3.63, 3.8) is 0 Å². The van der Waals surface area contributed by atoms with Gasteiger partial charge in [-0.3, -0.25) is 14.6 Å². The van der Waals surface area contributed by atoms with Crippen LogP contribution in [0.4, 0.5) is 8.78 Å². The van der Waals surface area contributed by atoms with E-state index in [1.165, 1.54) is 55.9 Å². The molecule has 5 aromatic rings. The fourth-order valence-corrected chi connectivity index (χ4v) is 5.12. The number of rotatable bonds is 13. The maximum Gasteiger partial charge on any atom is 0.257 e. The second-order valence-corrected chi connectivity index (χ2v) is 11.0. The van der Waals surface area contributed by atoms with Crippen LogP contribution < -0.4 is 18.9 Å². The fourth-order valence-electron chi connectivity index (χ4n) is 5.12. The van der Waals surface area contributed by atoms with Gasteiger partial charge in [-0.2, -0.15) is 0 Å². The molecule has 3 heterocycles. The number of methoxy groups -OCH3 is 2. The standard InChI is InChI=1S/C35H29F2N3O6/c1-43-25-9-5-22(6-10-25)20-45-29-18-27-32(40-34(29)44-2)28(11-14-38-27)46-33-26(37)15-23(19-39-33)17-31(42)35(12-13-35)30(41)16-21-3-7-24(36)8-4-21/h3-11,14-15,18-19H,12-13,16-17,20H2,1-2H3. The molecule has 9 nitrogen and oxygen atoms in total. The van der Waals surface area contributed by atoms with Crippen LogP contribution in [0.1, 0.15) is 29.5 Å². The number of carbonyl (C=O) groups is 2. The Morgan fingerprint density at radius 3 is 2.13 bits per heavy atom. The number of halogens is 2. The molecule has 234 valence electrons. The molecule has 0 unspecified atom stereocenters. The lowest BCUT2D eigenvalue weighted by Crippen LogP contribution is -2.29. The topological polar surface area (TPSA) is 110 Å². The number of benzene rings is 2. The van der Waals surface area contributed by atoms with Gasteiger partial charge in [0.1, 0.15) is 23.7 Å². The van der Waals surface area contributed by atoms with Crippen molar-refractivity contribution in [1.29, 1.82) is 0 Å². The van der Waals surface area contributed by atoms with E-state index in [1.54, 1.807) is 13.2 Å². The Morgan fingerprint density at radius 2 is 1.48 bits per heavy atom. The first-order valence-corrected chi connectivity index (χ1v) is 14.5. The Hall–Kier alpha value is -5.45. The van der Waals surface area contributed by atoms with Gasteiger partial charge < -0.3 is 18.9 Å². The molecule has 1 saturated carbocycles. The summed E-state index contributed by atoms with van der Waals surface area (Å²) in [6, 6.07) is 17.4. The van der Waals surface area contributed by atoms with Crippen LogP contribution in [0, 0.1) is 17.0 Å². The van der Waals surface area contributed by atoms with Gasteiger partial charge in [-0.05, 0) is 59.9 Å². The molecule has 46 heavy (non-hydrogen) atoms. The molecule has 3 aromatic heterocycles. The van der Waals surface area contributed by atoms with Crippen molar-refractivity contribution in [2.45, 2.75) is 32.3 Å². The summed E-state index contributed by atoms with van der Waals surface area (Å²) in [7, 11) is 3.05. The first kappa shape index (κ1) is 30.6. The van der Waals surface area contributed by atoms with Gasteiger partial charge in [-0.1, -0.05) is 24.3 Å². The molecule has 0 radical (unpaired) electrons. The molecule has 0 N–H and O–H groups in total. The predicted octanol–water partition coefficient (Wildman–Crippen LogP) is 6.40. The van der Waals surface area contributed by atoms with Crippen LogP contribution in [-0.4, -0.2) is 40.7 Å². The highest BCUT2D eigenvalue weighted by molar-refractivity contribution is 6.10. The monoisotopic (exact) mass is 625 g/mol. The lowest BCUT2D eigenvalue weighted by Gasteiger charge is -2.14. The Kier molecular flexibility index (Phi) is 8.56. The lowest BCUT2D eigenvalue weighted by atomic mass is 9.88. The molecule has 1 aliphatic rings.